The van der Waals surface area contributed by atoms with E-state index in [9.17, 15) is 18.0 Å². The fourth-order valence-corrected chi connectivity index (χ4v) is 3.91. The Hall–Kier alpha value is -3.04. The van der Waals surface area contributed by atoms with Crippen LogP contribution in [0, 0.1) is 0 Å². The second kappa shape index (κ2) is 8.99. The molecule has 2 aromatic rings. The highest BCUT2D eigenvalue weighted by Crippen LogP contribution is 2.25. The van der Waals surface area contributed by atoms with E-state index in [2.05, 4.69) is 19.5 Å². The summed E-state index contributed by atoms with van der Waals surface area (Å²) in [5, 5.41) is 0. The van der Waals surface area contributed by atoms with Crippen molar-refractivity contribution in [1.82, 2.24) is 14.9 Å². The summed E-state index contributed by atoms with van der Waals surface area (Å²) in [4.78, 5) is 27.8. The van der Waals surface area contributed by atoms with Gasteiger partial charge in [0.2, 0.25) is 5.95 Å². The Morgan fingerprint density at radius 1 is 0.935 bits per heavy atom. The smallest absolute Gasteiger partial charge is 0.406 e. The van der Waals surface area contributed by atoms with E-state index < -0.39 is 12.1 Å². The summed E-state index contributed by atoms with van der Waals surface area (Å²) in [5.74, 6) is 0.840. The van der Waals surface area contributed by atoms with E-state index in [1.807, 2.05) is 6.07 Å². The van der Waals surface area contributed by atoms with Gasteiger partial charge in [0.15, 0.2) is 0 Å². The molecule has 7 nitrogen and oxygen atoms in total. The van der Waals surface area contributed by atoms with Gasteiger partial charge in [-0.2, -0.15) is 4.98 Å². The largest absolute Gasteiger partial charge is 0.573 e. The van der Waals surface area contributed by atoms with Crippen LogP contribution in [0.15, 0.2) is 36.5 Å². The fraction of sp³-hybridized carbons (Fsp3) is 0.476. The Morgan fingerprint density at radius 2 is 1.68 bits per heavy atom. The van der Waals surface area contributed by atoms with Crippen LogP contribution in [0.2, 0.25) is 0 Å². The van der Waals surface area contributed by atoms with Crippen molar-refractivity contribution in [3.05, 3.63) is 42.1 Å². The molecule has 0 N–H and O–H groups in total. The van der Waals surface area contributed by atoms with Crippen LogP contribution in [0.4, 0.5) is 24.9 Å². The molecule has 0 atom stereocenters. The zero-order chi connectivity index (χ0) is 21.8. The van der Waals surface area contributed by atoms with Crippen LogP contribution in [0.1, 0.15) is 29.6 Å². The molecule has 166 valence electrons. The molecule has 2 saturated heterocycles. The molecular weight excluding hydrogens is 411 g/mol. The normalized spacial score (nSPS) is 17.6. The van der Waals surface area contributed by atoms with Gasteiger partial charge in [-0.1, -0.05) is 6.07 Å². The van der Waals surface area contributed by atoms with Crippen LogP contribution < -0.4 is 14.5 Å². The number of hydrogen-bond donors (Lipinski definition) is 0. The Balaban J connectivity index is 1.38. The van der Waals surface area contributed by atoms with Gasteiger partial charge in [0.25, 0.3) is 5.91 Å². The Morgan fingerprint density at radius 3 is 2.39 bits per heavy atom. The highest BCUT2D eigenvalue weighted by atomic mass is 19.4. The molecule has 4 rings (SSSR count). The Labute approximate surface area is 178 Å². The third-order valence-corrected chi connectivity index (χ3v) is 5.47. The van der Waals surface area contributed by atoms with Crippen molar-refractivity contribution in [2.24, 2.45) is 0 Å². The lowest BCUT2D eigenvalue weighted by Gasteiger charge is -2.36. The van der Waals surface area contributed by atoms with Crippen molar-refractivity contribution in [1.29, 1.82) is 0 Å². The number of carbonyl (C=O) groups is 1. The van der Waals surface area contributed by atoms with E-state index in [1.54, 1.807) is 11.1 Å². The van der Waals surface area contributed by atoms with Crippen molar-refractivity contribution in [3.63, 3.8) is 0 Å². The van der Waals surface area contributed by atoms with Gasteiger partial charge in [-0.3, -0.25) is 4.79 Å². The quantitative estimate of drug-likeness (QED) is 0.734. The summed E-state index contributed by atoms with van der Waals surface area (Å²) in [5.41, 5.74) is 0.171. The number of piperidine rings is 1. The molecule has 1 aromatic carbocycles. The van der Waals surface area contributed by atoms with Crippen LogP contribution in [0.5, 0.6) is 5.75 Å². The molecule has 2 aliphatic rings. The van der Waals surface area contributed by atoms with Crippen molar-refractivity contribution in [2.75, 3.05) is 49.1 Å². The number of nitrogens with zero attached hydrogens (tertiary/aromatic N) is 5. The second-order valence-corrected chi connectivity index (χ2v) is 7.62. The summed E-state index contributed by atoms with van der Waals surface area (Å²) in [6.45, 7) is 3.99. The van der Waals surface area contributed by atoms with Crippen molar-refractivity contribution in [3.8, 4) is 5.75 Å². The molecule has 0 unspecified atom stereocenters. The summed E-state index contributed by atoms with van der Waals surface area (Å²) in [7, 11) is 0. The van der Waals surface area contributed by atoms with Crippen LogP contribution >= 0.6 is 0 Å². The molecule has 0 spiro atoms. The molecule has 10 heteroatoms. The average molecular weight is 435 g/mol. The molecule has 31 heavy (non-hydrogen) atoms. The lowest BCUT2D eigenvalue weighted by molar-refractivity contribution is -0.274. The first-order valence-corrected chi connectivity index (χ1v) is 10.4. The van der Waals surface area contributed by atoms with Gasteiger partial charge in [0.1, 0.15) is 11.6 Å². The minimum Gasteiger partial charge on any atom is -0.406 e. The van der Waals surface area contributed by atoms with E-state index >= 15 is 0 Å². The van der Waals surface area contributed by atoms with E-state index in [4.69, 9.17) is 4.98 Å². The third-order valence-electron chi connectivity index (χ3n) is 5.47. The number of rotatable bonds is 4. The maximum absolute atomic E-state index is 12.8. The van der Waals surface area contributed by atoms with Gasteiger partial charge in [0, 0.05) is 51.0 Å². The highest BCUT2D eigenvalue weighted by Gasteiger charge is 2.31. The van der Waals surface area contributed by atoms with Crippen molar-refractivity contribution >= 4 is 17.7 Å². The molecule has 0 radical (unpaired) electrons. The highest BCUT2D eigenvalue weighted by molar-refractivity contribution is 5.94. The van der Waals surface area contributed by atoms with Gasteiger partial charge in [-0.15, -0.1) is 13.2 Å². The lowest BCUT2D eigenvalue weighted by Crippen LogP contribution is -2.49. The minimum atomic E-state index is -4.79. The predicted molar refractivity (Wildman–Crippen MR) is 109 cm³/mol. The van der Waals surface area contributed by atoms with Gasteiger partial charge in [0.05, 0.1) is 0 Å². The average Bonchev–Trinajstić information content (AvgIpc) is 2.78. The molecule has 3 heterocycles. The molecule has 0 bridgehead atoms. The fourth-order valence-electron chi connectivity index (χ4n) is 3.91. The number of halogens is 3. The zero-order valence-corrected chi connectivity index (χ0v) is 17.0. The maximum atomic E-state index is 12.8. The lowest BCUT2D eigenvalue weighted by atomic mass is 10.1. The first kappa shape index (κ1) is 21.2. The Bertz CT molecular complexity index is 910. The minimum absolute atomic E-state index is 0.171. The number of alkyl halides is 3. The topological polar surface area (TPSA) is 61.8 Å². The number of aromatic nitrogens is 2. The number of piperazine rings is 1. The first-order chi connectivity index (χ1) is 14.9. The van der Waals surface area contributed by atoms with E-state index in [-0.39, 0.29) is 11.5 Å². The molecule has 2 fully saturated rings. The van der Waals surface area contributed by atoms with E-state index in [0.29, 0.717) is 26.2 Å². The van der Waals surface area contributed by atoms with Crippen LogP contribution in [-0.4, -0.2) is 66.4 Å². The number of ether oxygens (including phenoxy) is 1. The number of benzene rings is 1. The second-order valence-electron chi connectivity index (χ2n) is 7.62. The van der Waals surface area contributed by atoms with Crippen LogP contribution in [-0.2, 0) is 0 Å². The molecule has 2 aliphatic heterocycles. The molecule has 0 saturated carbocycles. The molecule has 0 aliphatic carbocycles. The summed E-state index contributed by atoms with van der Waals surface area (Å²) in [6, 6.07) is 7.04. The third kappa shape index (κ3) is 5.36. The summed E-state index contributed by atoms with van der Waals surface area (Å²) in [6.07, 6.45) is 0.485. The summed E-state index contributed by atoms with van der Waals surface area (Å²) < 4.78 is 41.3. The summed E-state index contributed by atoms with van der Waals surface area (Å²) >= 11 is 0. The van der Waals surface area contributed by atoms with Gasteiger partial charge in [-0.25, -0.2) is 4.98 Å². The van der Waals surface area contributed by atoms with Gasteiger partial charge in [-0.05, 0) is 43.5 Å². The number of amides is 1. The van der Waals surface area contributed by atoms with E-state index in [0.717, 1.165) is 43.8 Å². The van der Waals surface area contributed by atoms with Crippen molar-refractivity contribution < 1.29 is 22.7 Å². The maximum Gasteiger partial charge on any atom is 0.573 e. The molecule has 1 aromatic heterocycles. The van der Waals surface area contributed by atoms with Crippen LogP contribution in [0.25, 0.3) is 0 Å². The van der Waals surface area contributed by atoms with Gasteiger partial charge >= 0.3 is 6.36 Å². The monoisotopic (exact) mass is 435 g/mol. The number of hydrogen-bond acceptors (Lipinski definition) is 6. The molecular formula is C21H24F3N5O2. The Kier molecular flexibility index (Phi) is 6.15. The van der Waals surface area contributed by atoms with Crippen molar-refractivity contribution in [2.45, 2.75) is 25.6 Å². The number of anilines is 2. The predicted octanol–water partition coefficient (Wildman–Crippen LogP) is 3.33. The zero-order valence-electron chi connectivity index (χ0n) is 17.0. The molecule has 1 amide bonds. The first-order valence-electron chi connectivity index (χ1n) is 10.4. The van der Waals surface area contributed by atoms with Crippen LogP contribution in [0.3, 0.4) is 0 Å². The van der Waals surface area contributed by atoms with E-state index in [1.165, 1.54) is 24.6 Å². The SMILES string of the molecule is O=C(c1cccc(OC(F)(F)F)c1)N1CCN(c2ccnc(N3CCCCC3)n2)CC1. The standard InChI is InChI=1S/C21H24F3N5O2/c22-21(23,24)31-17-6-4-5-16(15-17)19(30)28-13-11-27(12-14-28)18-7-8-25-20(26-18)29-9-2-1-3-10-29/h4-8,15H,1-3,9-14H2. The number of carbonyl (C=O) groups excluding carboxylic acids is 1. The van der Waals surface area contributed by atoms with Gasteiger partial charge < -0.3 is 19.4 Å².